The number of hydrogen-bond donors (Lipinski definition) is 0. The Morgan fingerprint density at radius 3 is 1.28 bits per heavy atom. The number of hydrogen-bond acceptors (Lipinski definition) is 4. The molecular formula is C38H58AlN2O2. The number of aliphatic imine (C=N–C) groups is 2. The molecule has 3 rings (SSSR count). The Hall–Kier alpha value is -2.09. The van der Waals surface area contributed by atoms with Crippen LogP contribution in [0.4, 0.5) is 0 Å². The van der Waals surface area contributed by atoms with Crippen LogP contribution >= 0.6 is 0 Å². The highest BCUT2D eigenvalue weighted by atomic mass is 27.2. The van der Waals surface area contributed by atoms with Crippen molar-refractivity contribution >= 4 is 28.3 Å². The molecule has 2 aromatic rings. The van der Waals surface area contributed by atoms with Crippen LogP contribution in [0.25, 0.3) is 0 Å². The van der Waals surface area contributed by atoms with Crippen molar-refractivity contribution in [1.82, 2.24) is 0 Å². The molecule has 0 saturated heterocycles. The van der Waals surface area contributed by atoms with Crippen LogP contribution in [0, 0.1) is 13.8 Å². The summed E-state index contributed by atoms with van der Waals surface area (Å²) in [4.78, 5) is 9.63. The van der Waals surface area contributed by atoms with Gasteiger partial charge in [0.1, 0.15) is 0 Å². The first-order valence-electron chi connectivity index (χ1n) is 17.2. The number of rotatable bonds is 14. The lowest BCUT2D eigenvalue weighted by Gasteiger charge is -2.32. The van der Waals surface area contributed by atoms with Crippen molar-refractivity contribution in [2.24, 2.45) is 9.98 Å². The van der Waals surface area contributed by atoms with Crippen molar-refractivity contribution in [2.75, 3.05) is 13.1 Å². The van der Waals surface area contributed by atoms with Crippen LogP contribution in [0.5, 0.6) is 11.5 Å². The van der Waals surface area contributed by atoms with E-state index in [2.05, 4.69) is 79.7 Å². The molecule has 0 aliphatic carbocycles. The minimum atomic E-state index is -0.754. The fraction of sp³-hybridized carbons (Fsp3) is 0.632. The van der Waals surface area contributed by atoms with Gasteiger partial charge in [0.15, 0.2) is 0 Å². The maximum atomic E-state index is 6.50. The van der Waals surface area contributed by atoms with Gasteiger partial charge in [-0.1, -0.05) is 105 Å². The first kappa shape index (κ1) is 35.4. The molecule has 0 unspecified atom stereocenters. The number of aryl methyl sites for hydroxylation is 2. The van der Waals surface area contributed by atoms with Crippen molar-refractivity contribution in [1.29, 1.82) is 0 Å². The third-order valence-corrected chi connectivity index (χ3v) is 10.1. The van der Waals surface area contributed by atoms with Crippen molar-refractivity contribution in [3.63, 3.8) is 0 Å². The van der Waals surface area contributed by atoms with Crippen molar-refractivity contribution in [2.45, 2.75) is 143 Å². The second-order valence-corrected chi connectivity index (χ2v) is 14.0. The molecule has 1 heterocycles. The molecule has 0 aromatic heterocycles. The summed E-state index contributed by atoms with van der Waals surface area (Å²) in [5.41, 5.74) is 7.57. The zero-order chi connectivity index (χ0) is 31.3. The second-order valence-electron chi connectivity index (χ2n) is 13.4. The Balaban J connectivity index is 1.97. The van der Waals surface area contributed by atoms with Crippen LogP contribution in [0.3, 0.4) is 0 Å². The lowest BCUT2D eigenvalue weighted by molar-refractivity contribution is 0.373. The topological polar surface area (TPSA) is 43.2 Å². The van der Waals surface area contributed by atoms with Crippen LogP contribution < -0.4 is 7.58 Å². The molecule has 2 aromatic carbocycles. The summed E-state index contributed by atoms with van der Waals surface area (Å²) >= 11 is -0.754. The van der Waals surface area contributed by atoms with E-state index in [1.54, 1.807) is 0 Å². The Labute approximate surface area is 270 Å². The molecule has 5 heteroatoms. The van der Waals surface area contributed by atoms with E-state index in [9.17, 15) is 0 Å². The maximum Gasteiger partial charge on any atom is 0.881 e. The maximum absolute atomic E-state index is 6.50. The highest BCUT2D eigenvalue weighted by Gasteiger charge is 2.29. The summed E-state index contributed by atoms with van der Waals surface area (Å²) in [6, 6.07) is 9.38. The third kappa shape index (κ3) is 9.70. The first-order chi connectivity index (χ1) is 20.7. The van der Waals surface area contributed by atoms with E-state index in [1.807, 2.05) is 12.4 Å². The van der Waals surface area contributed by atoms with Gasteiger partial charge in [0.05, 0.1) is 24.6 Å². The molecule has 0 amide bonds. The van der Waals surface area contributed by atoms with E-state index in [-0.39, 0.29) is 10.8 Å². The first-order valence-corrected chi connectivity index (χ1v) is 18.1. The Kier molecular flexibility index (Phi) is 14.3. The summed E-state index contributed by atoms with van der Waals surface area (Å²) in [5, 5.41) is 0. The molecule has 0 N–H and O–H groups in total. The van der Waals surface area contributed by atoms with E-state index in [1.165, 1.54) is 88.2 Å². The third-order valence-electron chi connectivity index (χ3n) is 9.48. The van der Waals surface area contributed by atoms with Crippen LogP contribution in [-0.4, -0.2) is 41.4 Å². The highest BCUT2D eigenvalue weighted by molar-refractivity contribution is 6.21. The quantitative estimate of drug-likeness (QED) is 0.202. The fourth-order valence-corrected chi connectivity index (χ4v) is 7.35. The number of benzene rings is 2. The highest BCUT2D eigenvalue weighted by Crippen LogP contribution is 2.40. The molecule has 0 atom stereocenters. The van der Waals surface area contributed by atoms with Gasteiger partial charge in [0.25, 0.3) is 0 Å². The Morgan fingerprint density at radius 2 is 0.953 bits per heavy atom. The minimum absolute atomic E-state index is 0.158. The second kappa shape index (κ2) is 17.4. The van der Waals surface area contributed by atoms with Crippen molar-refractivity contribution < 1.29 is 7.58 Å². The summed E-state index contributed by atoms with van der Waals surface area (Å²) in [5.74, 6) is 1.80. The van der Waals surface area contributed by atoms with Crippen LogP contribution in [-0.2, 0) is 10.8 Å². The van der Waals surface area contributed by atoms with E-state index < -0.39 is 15.9 Å². The molecule has 0 saturated carbocycles. The summed E-state index contributed by atoms with van der Waals surface area (Å²) in [6.45, 7) is 19.7. The Bertz CT molecular complexity index is 1110. The molecule has 0 spiro atoms. The minimum Gasteiger partial charge on any atom is -0.615 e. The number of nitrogens with zero attached hydrogens (tertiary/aromatic N) is 2. The summed E-state index contributed by atoms with van der Waals surface area (Å²) in [6.07, 6.45) is 18.7. The molecule has 0 fully saturated rings. The van der Waals surface area contributed by atoms with Gasteiger partial charge >= 0.3 is 15.9 Å². The van der Waals surface area contributed by atoms with Gasteiger partial charge in [-0.15, -0.1) is 0 Å². The largest absolute Gasteiger partial charge is 0.881 e. The van der Waals surface area contributed by atoms with Gasteiger partial charge in [0.2, 0.25) is 0 Å². The lowest BCUT2D eigenvalue weighted by Crippen LogP contribution is -2.23. The average molecular weight is 602 g/mol. The molecule has 235 valence electrons. The van der Waals surface area contributed by atoms with E-state index >= 15 is 0 Å². The van der Waals surface area contributed by atoms with Gasteiger partial charge < -0.3 is 7.58 Å². The van der Waals surface area contributed by atoms with E-state index in [0.717, 1.165) is 33.8 Å². The zero-order valence-corrected chi connectivity index (χ0v) is 29.8. The van der Waals surface area contributed by atoms with Crippen molar-refractivity contribution in [3.8, 4) is 11.5 Å². The smallest absolute Gasteiger partial charge is 0.615 e. The fourth-order valence-electron chi connectivity index (χ4n) is 6.47. The van der Waals surface area contributed by atoms with Gasteiger partial charge in [-0.25, -0.2) is 0 Å². The van der Waals surface area contributed by atoms with Gasteiger partial charge in [0, 0.05) is 23.6 Å². The van der Waals surface area contributed by atoms with Gasteiger partial charge in [-0.3, -0.25) is 9.98 Å². The van der Waals surface area contributed by atoms with Crippen LogP contribution in [0.2, 0.25) is 0 Å². The number of fused-ring (bicyclic) bond motifs is 2. The normalized spacial score (nSPS) is 14.0. The Morgan fingerprint density at radius 1 is 0.605 bits per heavy atom. The van der Waals surface area contributed by atoms with Gasteiger partial charge in [-0.2, -0.15) is 0 Å². The lowest BCUT2D eigenvalue weighted by atomic mass is 9.73. The molecule has 4 nitrogen and oxygen atoms in total. The molecular weight excluding hydrogens is 543 g/mol. The predicted octanol–water partition coefficient (Wildman–Crippen LogP) is 10.4. The summed E-state index contributed by atoms with van der Waals surface area (Å²) < 4.78 is 13.0. The SMILES string of the molecule is CCCCC(C)(CCCC)c1cc(C)c2c(c1)C=NCCN=Cc1cc(C(C)(CCCC)CCCC)cc(C)c1[O][Al][O]2. The molecule has 1 radical (unpaired) electrons. The van der Waals surface area contributed by atoms with E-state index in [4.69, 9.17) is 17.6 Å². The summed E-state index contributed by atoms with van der Waals surface area (Å²) in [7, 11) is 0. The van der Waals surface area contributed by atoms with Gasteiger partial charge in [-0.05, 0) is 84.7 Å². The molecule has 1 aliphatic rings. The molecule has 1 aliphatic heterocycles. The predicted molar refractivity (Wildman–Crippen MR) is 187 cm³/mol. The van der Waals surface area contributed by atoms with Crippen molar-refractivity contribution in [3.05, 3.63) is 57.6 Å². The standard InChI is InChI=1S/C38H60N2O2.Al/c1-9-13-17-37(7,18-14-10-2)33-23-29(5)35(41)31(25-33)27-39-21-22-40-28-32-26-34(24-30(6)36(32)42)38(8,19-15-11-3)20-16-12-4;/h23-28,41-42H,9-22H2,1-8H3;/q;+2/p-2. The zero-order valence-electron chi connectivity index (χ0n) is 28.7. The average Bonchev–Trinajstić information content (AvgIpc) is 3.01. The van der Waals surface area contributed by atoms with E-state index in [0.29, 0.717) is 13.1 Å². The monoisotopic (exact) mass is 601 g/mol. The van der Waals surface area contributed by atoms with Crippen LogP contribution in [0.1, 0.15) is 152 Å². The molecule has 43 heavy (non-hydrogen) atoms. The van der Waals surface area contributed by atoms with Crippen LogP contribution in [0.15, 0.2) is 34.3 Å². The molecule has 0 bridgehead atoms. The number of unbranched alkanes of at least 4 members (excludes halogenated alkanes) is 4.